The van der Waals surface area contributed by atoms with Gasteiger partial charge in [0.1, 0.15) is 17.5 Å². The molecule has 3 atom stereocenters. The summed E-state index contributed by atoms with van der Waals surface area (Å²) in [6.45, 7) is 5.47. The molecule has 1 heterocycles. The summed E-state index contributed by atoms with van der Waals surface area (Å²) in [4.78, 5) is 27.4. The molecule has 2 aliphatic rings. The van der Waals surface area contributed by atoms with E-state index in [1.54, 1.807) is 17.0 Å². The number of fused-ring (bicyclic) bond motifs is 1. The second kappa shape index (κ2) is 8.27. The van der Waals surface area contributed by atoms with E-state index in [2.05, 4.69) is 5.32 Å². The monoisotopic (exact) mass is 410 g/mol. The fourth-order valence-electron chi connectivity index (χ4n) is 4.26. The Morgan fingerprint density at radius 1 is 1.29 bits per heavy atom. The summed E-state index contributed by atoms with van der Waals surface area (Å²) in [6.07, 6.45) is 4.23. The van der Waals surface area contributed by atoms with Gasteiger partial charge in [0.05, 0.1) is 5.02 Å². The normalized spacial score (nSPS) is 24.6. The van der Waals surface area contributed by atoms with Crippen molar-refractivity contribution in [1.82, 2.24) is 10.2 Å². The fraction of sp³-hybridized carbons (Fsp3) is 0.619. The Morgan fingerprint density at radius 3 is 2.71 bits per heavy atom. The van der Waals surface area contributed by atoms with E-state index >= 15 is 0 Å². The van der Waals surface area contributed by atoms with Gasteiger partial charge < -0.3 is 10.1 Å². The molecule has 1 aromatic rings. The van der Waals surface area contributed by atoms with Gasteiger partial charge >= 0.3 is 6.09 Å². The minimum atomic E-state index is -0.630. The minimum absolute atomic E-state index is 0.0222. The van der Waals surface area contributed by atoms with Crippen LogP contribution in [0.4, 0.5) is 9.18 Å². The Morgan fingerprint density at radius 2 is 2.00 bits per heavy atom. The Hall–Kier alpha value is -1.82. The summed E-state index contributed by atoms with van der Waals surface area (Å²) in [6, 6.07) is 4.13. The van der Waals surface area contributed by atoms with E-state index in [1.165, 1.54) is 6.07 Å². The van der Waals surface area contributed by atoms with Crippen molar-refractivity contribution >= 4 is 23.6 Å². The molecule has 0 unspecified atom stereocenters. The third-order valence-electron chi connectivity index (χ3n) is 5.48. The Kier molecular flexibility index (Phi) is 6.18. The summed E-state index contributed by atoms with van der Waals surface area (Å²) in [5.74, 6) is -0.506. The van der Waals surface area contributed by atoms with Gasteiger partial charge in [-0.25, -0.2) is 9.18 Å². The molecule has 0 bridgehead atoms. The zero-order valence-electron chi connectivity index (χ0n) is 16.6. The summed E-state index contributed by atoms with van der Waals surface area (Å²) in [5, 5.41) is 2.80. The van der Waals surface area contributed by atoms with Crippen LogP contribution in [0.25, 0.3) is 0 Å². The molecule has 5 nitrogen and oxygen atoms in total. The minimum Gasteiger partial charge on any atom is -0.444 e. The van der Waals surface area contributed by atoms with Crippen molar-refractivity contribution < 1.29 is 18.7 Å². The Labute approximate surface area is 170 Å². The molecule has 0 aromatic heterocycles. The average molecular weight is 411 g/mol. The van der Waals surface area contributed by atoms with Gasteiger partial charge in [0.15, 0.2) is 0 Å². The highest BCUT2D eigenvalue weighted by Crippen LogP contribution is 2.40. The van der Waals surface area contributed by atoms with E-state index in [0.717, 1.165) is 25.7 Å². The second-order valence-corrected chi connectivity index (χ2v) is 9.09. The fourth-order valence-corrected chi connectivity index (χ4v) is 4.45. The lowest BCUT2D eigenvalue weighted by Crippen LogP contribution is -2.51. The molecule has 1 aromatic carbocycles. The van der Waals surface area contributed by atoms with Crippen LogP contribution in [-0.2, 0) is 16.1 Å². The van der Waals surface area contributed by atoms with Gasteiger partial charge in [-0.3, -0.25) is 9.69 Å². The molecule has 3 rings (SSSR count). The van der Waals surface area contributed by atoms with Crippen LogP contribution < -0.4 is 5.32 Å². The first kappa shape index (κ1) is 20.9. The number of carbonyl (C=O) groups excluding carboxylic acids is 2. The van der Waals surface area contributed by atoms with E-state index in [9.17, 15) is 14.0 Å². The topological polar surface area (TPSA) is 58.6 Å². The van der Waals surface area contributed by atoms with Crippen LogP contribution in [0.5, 0.6) is 0 Å². The first-order valence-electron chi connectivity index (χ1n) is 9.89. The second-order valence-electron chi connectivity index (χ2n) is 8.68. The Balaban J connectivity index is 1.74. The van der Waals surface area contributed by atoms with Crippen LogP contribution in [0.3, 0.4) is 0 Å². The van der Waals surface area contributed by atoms with Crippen LogP contribution in [-0.4, -0.2) is 34.6 Å². The number of ether oxygens (including phenoxy) is 1. The number of nitrogens with one attached hydrogen (secondary N) is 1. The van der Waals surface area contributed by atoms with Crippen LogP contribution >= 0.6 is 11.6 Å². The molecule has 0 radical (unpaired) electrons. The summed E-state index contributed by atoms with van der Waals surface area (Å²) < 4.78 is 19.7. The molecule has 2 amide bonds. The number of nitrogens with zero attached hydrogens (tertiary/aromatic N) is 1. The molecule has 0 spiro atoms. The largest absolute Gasteiger partial charge is 0.444 e. The lowest BCUT2D eigenvalue weighted by molar-refractivity contribution is -0.126. The lowest BCUT2D eigenvalue weighted by atomic mass is 9.85. The maximum absolute atomic E-state index is 14.1. The van der Waals surface area contributed by atoms with E-state index in [-0.39, 0.29) is 23.5 Å². The lowest BCUT2D eigenvalue weighted by Gasteiger charge is -2.34. The average Bonchev–Trinajstić information content (AvgIpc) is 3.01. The predicted molar refractivity (Wildman–Crippen MR) is 105 cm³/mol. The number of hydrogen-bond acceptors (Lipinski definition) is 3. The standard InChI is InChI=1S/C21H28ClFN2O3/c1-21(2,3)28-20(27)25-16-10-5-4-7-13(16)11-17(25)19(26)24-12-14-8-6-9-15(22)18(14)23/h6,8-9,13,16-17H,4-5,7,10-12H2,1-3H3,(H,24,26)/t13-,16-,17-/m0/s1. The number of amides is 2. The van der Waals surface area contributed by atoms with Crippen LogP contribution in [0.2, 0.25) is 5.02 Å². The van der Waals surface area contributed by atoms with Crippen LogP contribution in [0, 0.1) is 11.7 Å². The van der Waals surface area contributed by atoms with E-state index in [4.69, 9.17) is 16.3 Å². The molecule has 28 heavy (non-hydrogen) atoms. The van der Waals surface area contributed by atoms with Crippen molar-refractivity contribution in [1.29, 1.82) is 0 Å². The van der Waals surface area contributed by atoms with Crippen LogP contribution in [0.15, 0.2) is 18.2 Å². The van der Waals surface area contributed by atoms with Gasteiger partial charge in [-0.1, -0.05) is 36.6 Å². The van der Waals surface area contributed by atoms with E-state index in [1.807, 2.05) is 20.8 Å². The first-order valence-corrected chi connectivity index (χ1v) is 10.3. The summed E-state index contributed by atoms with van der Waals surface area (Å²) in [7, 11) is 0. The maximum atomic E-state index is 14.1. The first-order chi connectivity index (χ1) is 13.2. The molecular weight excluding hydrogens is 383 g/mol. The molecule has 7 heteroatoms. The smallest absolute Gasteiger partial charge is 0.411 e. The number of rotatable bonds is 3. The number of likely N-dealkylation sites (tertiary alicyclic amines) is 1. The van der Waals surface area contributed by atoms with E-state index in [0.29, 0.717) is 17.9 Å². The number of hydrogen-bond donors (Lipinski definition) is 1. The van der Waals surface area contributed by atoms with Crippen molar-refractivity contribution in [2.45, 2.75) is 77.1 Å². The van der Waals surface area contributed by atoms with Gasteiger partial charge in [-0.15, -0.1) is 0 Å². The quantitative estimate of drug-likeness (QED) is 0.788. The number of benzene rings is 1. The molecule has 2 fully saturated rings. The van der Waals surface area contributed by atoms with Gasteiger partial charge in [0, 0.05) is 18.2 Å². The SMILES string of the molecule is CC(C)(C)OC(=O)N1[C@H](C(=O)NCc2cccc(Cl)c2F)C[C@@H]2CCCC[C@@H]21. The Bertz CT molecular complexity index is 750. The zero-order chi connectivity index (χ0) is 20.5. The highest BCUT2D eigenvalue weighted by atomic mass is 35.5. The summed E-state index contributed by atoms with van der Waals surface area (Å²) >= 11 is 5.81. The highest BCUT2D eigenvalue weighted by Gasteiger charge is 2.48. The predicted octanol–water partition coefficient (Wildman–Crippen LogP) is 4.66. The number of halogens is 2. The van der Waals surface area contributed by atoms with Gasteiger partial charge in [-0.2, -0.15) is 0 Å². The van der Waals surface area contributed by atoms with Crippen molar-refractivity contribution in [2.75, 3.05) is 0 Å². The highest BCUT2D eigenvalue weighted by molar-refractivity contribution is 6.30. The number of carbonyl (C=O) groups is 2. The zero-order valence-corrected chi connectivity index (χ0v) is 17.4. The third kappa shape index (κ3) is 4.59. The van der Waals surface area contributed by atoms with Gasteiger partial charge in [-0.05, 0) is 52.0 Å². The molecule has 1 N–H and O–H groups in total. The van der Waals surface area contributed by atoms with Gasteiger partial charge in [0.25, 0.3) is 0 Å². The van der Waals surface area contributed by atoms with Crippen LogP contribution in [0.1, 0.15) is 58.4 Å². The van der Waals surface area contributed by atoms with Crippen molar-refractivity contribution in [3.05, 3.63) is 34.6 Å². The molecule has 1 aliphatic heterocycles. The van der Waals surface area contributed by atoms with Crippen molar-refractivity contribution in [2.24, 2.45) is 5.92 Å². The molecule has 1 saturated heterocycles. The third-order valence-corrected chi connectivity index (χ3v) is 5.77. The molecular formula is C21H28ClFN2O3. The molecule has 1 aliphatic carbocycles. The van der Waals surface area contributed by atoms with Crippen molar-refractivity contribution in [3.8, 4) is 0 Å². The molecule has 154 valence electrons. The van der Waals surface area contributed by atoms with Gasteiger partial charge in [0.2, 0.25) is 5.91 Å². The maximum Gasteiger partial charge on any atom is 0.411 e. The van der Waals surface area contributed by atoms with Crippen molar-refractivity contribution in [3.63, 3.8) is 0 Å². The van der Waals surface area contributed by atoms with E-state index < -0.39 is 23.6 Å². The molecule has 1 saturated carbocycles. The summed E-state index contributed by atoms with van der Waals surface area (Å²) in [5.41, 5.74) is -0.311.